The van der Waals surface area contributed by atoms with Crippen LogP contribution in [0.4, 0.5) is 4.79 Å². The van der Waals surface area contributed by atoms with E-state index in [0.29, 0.717) is 12.0 Å². The fourth-order valence-corrected chi connectivity index (χ4v) is 4.14. The van der Waals surface area contributed by atoms with Crippen molar-refractivity contribution in [2.24, 2.45) is 5.92 Å². The highest BCUT2D eigenvalue weighted by atomic mass is 16.5. The van der Waals surface area contributed by atoms with E-state index in [-0.39, 0.29) is 12.1 Å². The number of carbonyl (C=O) groups excluding carboxylic acids is 1. The lowest BCUT2D eigenvalue weighted by Crippen LogP contribution is -2.62. The number of hydrogen-bond acceptors (Lipinski definition) is 4. The summed E-state index contributed by atoms with van der Waals surface area (Å²) in [6.45, 7) is 4.51. The molecule has 25 heavy (non-hydrogen) atoms. The highest BCUT2D eigenvalue weighted by molar-refractivity contribution is 5.78. The Morgan fingerprint density at radius 3 is 2.80 bits per heavy atom. The third kappa shape index (κ3) is 3.02. The molecule has 0 radical (unpaired) electrons. The monoisotopic (exact) mass is 340 g/mol. The lowest BCUT2D eigenvalue weighted by molar-refractivity contribution is 0.0266. The van der Waals surface area contributed by atoms with Crippen LogP contribution in [0.2, 0.25) is 0 Å². The van der Waals surface area contributed by atoms with Crippen LogP contribution in [0.25, 0.3) is 11.1 Å². The number of rotatable bonds is 3. The van der Waals surface area contributed by atoms with Gasteiger partial charge in [0.15, 0.2) is 0 Å². The van der Waals surface area contributed by atoms with Crippen LogP contribution < -0.4 is 10.1 Å². The molecule has 1 amide bonds. The van der Waals surface area contributed by atoms with E-state index in [1.54, 1.807) is 19.5 Å². The highest BCUT2D eigenvalue weighted by Gasteiger charge is 2.40. The molecule has 3 fully saturated rings. The van der Waals surface area contributed by atoms with Crippen LogP contribution in [0, 0.1) is 5.92 Å². The summed E-state index contributed by atoms with van der Waals surface area (Å²) in [5, 5.41) is 7.45. The van der Waals surface area contributed by atoms with Gasteiger partial charge in [0.2, 0.25) is 0 Å². The Morgan fingerprint density at radius 2 is 2.08 bits per heavy atom. The van der Waals surface area contributed by atoms with E-state index in [0.717, 1.165) is 30.0 Å². The number of nitrogens with zero attached hydrogens (tertiary/aromatic N) is 3. The van der Waals surface area contributed by atoms with Gasteiger partial charge in [-0.2, -0.15) is 9.78 Å². The van der Waals surface area contributed by atoms with Gasteiger partial charge in [0.1, 0.15) is 5.75 Å². The van der Waals surface area contributed by atoms with Crippen LogP contribution in [-0.4, -0.2) is 53.0 Å². The predicted molar refractivity (Wildman–Crippen MR) is 95.7 cm³/mol. The predicted octanol–water partition coefficient (Wildman–Crippen LogP) is 2.60. The summed E-state index contributed by atoms with van der Waals surface area (Å²) in [4.78, 5) is 15.1. The van der Waals surface area contributed by atoms with Gasteiger partial charge in [-0.15, -0.1) is 0 Å². The van der Waals surface area contributed by atoms with E-state index < -0.39 is 0 Å². The van der Waals surface area contributed by atoms with E-state index in [2.05, 4.69) is 22.2 Å². The van der Waals surface area contributed by atoms with Gasteiger partial charge < -0.3 is 10.1 Å². The van der Waals surface area contributed by atoms with E-state index in [9.17, 15) is 4.79 Å². The molecule has 4 heterocycles. The van der Waals surface area contributed by atoms with Crippen LogP contribution >= 0.6 is 0 Å². The average molecular weight is 340 g/mol. The average Bonchev–Trinajstić information content (AvgIpc) is 3.15. The van der Waals surface area contributed by atoms with Gasteiger partial charge in [0.25, 0.3) is 0 Å². The summed E-state index contributed by atoms with van der Waals surface area (Å²) in [6.07, 6.45) is 5.83. The van der Waals surface area contributed by atoms with Gasteiger partial charge in [-0.25, -0.2) is 4.79 Å². The molecule has 6 heteroatoms. The van der Waals surface area contributed by atoms with Gasteiger partial charge in [0.05, 0.1) is 13.3 Å². The van der Waals surface area contributed by atoms with E-state index in [1.807, 2.05) is 24.3 Å². The Kier molecular flexibility index (Phi) is 4.21. The zero-order valence-corrected chi connectivity index (χ0v) is 14.7. The van der Waals surface area contributed by atoms with Crippen molar-refractivity contribution in [1.82, 2.24) is 20.0 Å². The number of benzene rings is 1. The molecule has 2 bridgehead atoms. The van der Waals surface area contributed by atoms with Gasteiger partial charge in [-0.05, 0) is 56.5 Å². The SMILES string of the molecule is COc1cccc(-c2cnn(C(=O)N[C@@H]3C4CCN(CC4)[C@@H]3C)c2)c1. The maximum atomic E-state index is 12.6. The zero-order valence-electron chi connectivity index (χ0n) is 14.7. The van der Waals surface area contributed by atoms with Crippen molar-refractivity contribution in [3.05, 3.63) is 36.7 Å². The number of methoxy groups -OCH3 is 1. The molecule has 0 unspecified atom stereocenters. The minimum Gasteiger partial charge on any atom is -0.497 e. The maximum absolute atomic E-state index is 12.6. The van der Waals surface area contributed by atoms with Crippen molar-refractivity contribution in [1.29, 1.82) is 0 Å². The molecular formula is C19H24N4O2. The summed E-state index contributed by atoms with van der Waals surface area (Å²) in [5.74, 6) is 1.37. The van der Waals surface area contributed by atoms with Crippen LogP contribution in [0.15, 0.2) is 36.7 Å². The molecule has 132 valence electrons. The molecule has 5 rings (SSSR count). The Hall–Kier alpha value is -2.34. The van der Waals surface area contributed by atoms with Crippen LogP contribution in [0.1, 0.15) is 19.8 Å². The maximum Gasteiger partial charge on any atom is 0.342 e. The second-order valence-electron chi connectivity index (χ2n) is 6.99. The number of nitrogens with one attached hydrogen (secondary N) is 1. The number of aromatic nitrogens is 2. The smallest absolute Gasteiger partial charge is 0.342 e. The first-order valence-electron chi connectivity index (χ1n) is 8.90. The standard InChI is InChI=1S/C19H24N4O2/c1-13-18(14-6-8-22(13)9-7-14)21-19(24)23-12-16(11-20-23)15-4-3-5-17(10-15)25-2/h3-5,10-14,18H,6-9H2,1-2H3,(H,21,24)/t13-,18+/m1/s1. The number of carbonyl (C=O) groups is 1. The summed E-state index contributed by atoms with van der Waals surface area (Å²) >= 11 is 0. The Balaban J connectivity index is 1.49. The second kappa shape index (κ2) is 6.52. The van der Waals surface area contributed by atoms with Crippen molar-refractivity contribution < 1.29 is 9.53 Å². The number of hydrogen-bond donors (Lipinski definition) is 1. The largest absolute Gasteiger partial charge is 0.497 e. The topological polar surface area (TPSA) is 59.4 Å². The molecular weight excluding hydrogens is 316 g/mol. The minimum atomic E-state index is -0.153. The number of fused-ring (bicyclic) bond motifs is 3. The van der Waals surface area contributed by atoms with Crippen LogP contribution in [0.5, 0.6) is 5.75 Å². The first-order chi connectivity index (χ1) is 12.2. The molecule has 1 aromatic carbocycles. The molecule has 2 aromatic rings. The Labute approximate surface area is 147 Å². The fraction of sp³-hybridized carbons (Fsp3) is 0.474. The van der Waals surface area contributed by atoms with Gasteiger partial charge in [-0.1, -0.05) is 12.1 Å². The first-order valence-corrected chi connectivity index (χ1v) is 8.90. The number of ether oxygens (including phenoxy) is 1. The van der Waals surface area contributed by atoms with E-state index in [4.69, 9.17) is 4.74 Å². The first kappa shape index (κ1) is 16.1. The second-order valence-corrected chi connectivity index (χ2v) is 6.99. The van der Waals surface area contributed by atoms with Crippen molar-refractivity contribution in [2.75, 3.05) is 20.2 Å². The molecule has 0 spiro atoms. The van der Waals surface area contributed by atoms with Gasteiger partial charge in [-0.3, -0.25) is 4.90 Å². The number of amides is 1. The molecule has 3 saturated heterocycles. The molecule has 6 nitrogen and oxygen atoms in total. The molecule has 0 saturated carbocycles. The van der Waals surface area contributed by atoms with Crippen LogP contribution in [-0.2, 0) is 0 Å². The third-order valence-electron chi connectivity index (χ3n) is 5.66. The van der Waals surface area contributed by atoms with Crippen molar-refractivity contribution >= 4 is 6.03 Å². The van der Waals surface area contributed by atoms with Crippen molar-refractivity contribution in [3.8, 4) is 16.9 Å². The summed E-state index contributed by atoms with van der Waals surface area (Å²) in [7, 11) is 1.64. The molecule has 3 aliphatic heterocycles. The molecule has 2 atom stereocenters. The van der Waals surface area contributed by atoms with E-state index >= 15 is 0 Å². The lowest BCUT2D eigenvalue weighted by Gasteiger charge is -2.49. The highest BCUT2D eigenvalue weighted by Crippen LogP contribution is 2.32. The molecule has 3 aliphatic rings. The molecule has 0 aliphatic carbocycles. The lowest BCUT2D eigenvalue weighted by atomic mass is 9.79. The Bertz CT molecular complexity index is 762. The minimum absolute atomic E-state index is 0.153. The van der Waals surface area contributed by atoms with Gasteiger partial charge in [0, 0.05) is 23.8 Å². The summed E-state index contributed by atoms with van der Waals surface area (Å²) in [5.41, 5.74) is 1.88. The molecule has 1 N–H and O–H groups in total. The van der Waals surface area contributed by atoms with E-state index in [1.165, 1.54) is 17.5 Å². The molecule has 1 aromatic heterocycles. The summed E-state index contributed by atoms with van der Waals surface area (Å²) in [6, 6.07) is 8.20. The van der Waals surface area contributed by atoms with Gasteiger partial charge >= 0.3 is 6.03 Å². The van der Waals surface area contributed by atoms with Crippen LogP contribution in [0.3, 0.4) is 0 Å². The zero-order chi connectivity index (χ0) is 17.4. The third-order valence-corrected chi connectivity index (χ3v) is 5.66. The number of piperidine rings is 3. The van der Waals surface area contributed by atoms with Crippen molar-refractivity contribution in [3.63, 3.8) is 0 Å². The normalized spacial score (nSPS) is 27.9. The quantitative estimate of drug-likeness (QED) is 0.933. The fourth-order valence-electron chi connectivity index (χ4n) is 4.14. The summed E-state index contributed by atoms with van der Waals surface area (Å²) < 4.78 is 6.66. The Morgan fingerprint density at radius 1 is 1.28 bits per heavy atom. The van der Waals surface area contributed by atoms with Crippen molar-refractivity contribution in [2.45, 2.75) is 31.8 Å².